The first-order valence-electron chi connectivity index (χ1n) is 7.21. The van der Waals surface area contributed by atoms with Gasteiger partial charge in [0.1, 0.15) is 12.1 Å². The minimum absolute atomic E-state index is 0.410. The van der Waals surface area contributed by atoms with Crippen molar-refractivity contribution >= 4 is 17.4 Å². The zero-order chi connectivity index (χ0) is 14.7. The molecule has 0 spiro atoms. The van der Waals surface area contributed by atoms with Crippen LogP contribution in [0, 0.1) is 0 Å². The Morgan fingerprint density at radius 2 is 2.19 bits per heavy atom. The number of morpholine rings is 1. The fourth-order valence-corrected chi connectivity index (χ4v) is 2.50. The van der Waals surface area contributed by atoms with Gasteiger partial charge in [0.25, 0.3) is 0 Å². The topological polar surface area (TPSA) is 84.8 Å². The average molecular weight is 291 g/mol. The van der Waals surface area contributed by atoms with Gasteiger partial charge in [0, 0.05) is 39.3 Å². The highest BCUT2D eigenvalue weighted by atomic mass is 16.5. The van der Waals surface area contributed by atoms with Crippen molar-refractivity contribution in [3.05, 3.63) is 12.4 Å². The SMILES string of the molecule is CN(CCCN1CCOCC1)c1cc2nncn2c(N)n1. The van der Waals surface area contributed by atoms with E-state index >= 15 is 0 Å². The zero-order valence-electron chi connectivity index (χ0n) is 12.3. The Morgan fingerprint density at radius 1 is 1.38 bits per heavy atom. The summed E-state index contributed by atoms with van der Waals surface area (Å²) in [7, 11) is 2.02. The third-order valence-corrected chi connectivity index (χ3v) is 3.77. The molecule has 0 unspecified atom stereocenters. The molecule has 1 aliphatic heterocycles. The largest absolute Gasteiger partial charge is 0.379 e. The van der Waals surface area contributed by atoms with E-state index in [2.05, 4.69) is 25.0 Å². The molecule has 114 valence electrons. The van der Waals surface area contributed by atoms with Gasteiger partial charge in [-0.15, -0.1) is 10.2 Å². The van der Waals surface area contributed by atoms with E-state index in [1.165, 1.54) is 0 Å². The highest BCUT2D eigenvalue weighted by Gasteiger charge is 2.11. The number of nitrogen functional groups attached to an aromatic ring is 1. The predicted molar refractivity (Wildman–Crippen MR) is 80.3 cm³/mol. The molecule has 8 nitrogen and oxygen atoms in total. The molecule has 1 saturated heterocycles. The summed E-state index contributed by atoms with van der Waals surface area (Å²) in [5, 5.41) is 7.86. The lowest BCUT2D eigenvalue weighted by Gasteiger charge is -2.27. The first kappa shape index (κ1) is 14.0. The van der Waals surface area contributed by atoms with E-state index in [9.17, 15) is 0 Å². The van der Waals surface area contributed by atoms with Gasteiger partial charge in [-0.2, -0.15) is 4.98 Å². The van der Waals surface area contributed by atoms with Crippen molar-refractivity contribution in [2.75, 3.05) is 57.1 Å². The number of fused-ring (bicyclic) bond motifs is 1. The van der Waals surface area contributed by atoms with Crippen molar-refractivity contribution in [3.63, 3.8) is 0 Å². The van der Waals surface area contributed by atoms with E-state index in [-0.39, 0.29) is 0 Å². The Labute approximate surface area is 123 Å². The van der Waals surface area contributed by atoms with E-state index in [0.717, 1.165) is 57.3 Å². The van der Waals surface area contributed by atoms with Gasteiger partial charge < -0.3 is 15.4 Å². The van der Waals surface area contributed by atoms with E-state index in [1.807, 2.05) is 13.1 Å². The summed E-state index contributed by atoms with van der Waals surface area (Å²) in [6.45, 7) is 5.75. The third-order valence-electron chi connectivity index (χ3n) is 3.77. The average Bonchev–Trinajstić information content (AvgIpc) is 2.97. The fourth-order valence-electron chi connectivity index (χ4n) is 2.50. The van der Waals surface area contributed by atoms with Gasteiger partial charge in [-0.3, -0.25) is 9.30 Å². The molecule has 0 aliphatic carbocycles. The lowest BCUT2D eigenvalue weighted by molar-refractivity contribution is 0.0377. The second-order valence-electron chi connectivity index (χ2n) is 5.26. The van der Waals surface area contributed by atoms with Crippen LogP contribution in [0.2, 0.25) is 0 Å². The molecule has 3 heterocycles. The maximum atomic E-state index is 5.91. The van der Waals surface area contributed by atoms with E-state index in [0.29, 0.717) is 5.95 Å². The van der Waals surface area contributed by atoms with Gasteiger partial charge in [0.15, 0.2) is 5.65 Å². The van der Waals surface area contributed by atoms with E-state index < -0.39 is 0 Å². The molecule has 0 atom stereocenters. The van der Waals surface area contributed by atoms with Crippen molar-refractivity contribution in [2.45, 2.75) is 6.42 Å². The molecule has 0 bridgehead atoms. The van der Waals surface area contributed by atoms with Crippen molar-refractivity contribution < 1.29 is 4.74 Å². The minimum Gasteiger partial charge on any atom is -0.379 e. The van der Waals surface area contributed by atoms with Crippen LogP contribution in [0.5, 0.6) is 0 Å². The molecule has 0 aromatic carbocycles. The standard InChI is InChI=1S/C13H21N7O/c1-18(3-2-4-19-5-7-21-8-6-19)11-9-12-17-15-10-20(12)13(14)16-11/h9-10H,2-8H2,1H3,(H2,14,16). The highest BCUT2D eigenvalue weighted by Crippen LogP contribution is 2.15. The lowest BCUT2D eigenvalue weighted by atomic mass is 10.3. The van der Waals surface area contributed by atoms with Gasteiger partial charge in [0.2, 0.25) is 5.95 Å². The predicted octanol–water partition coefficient (Wildman–Crippen LogP) is -0.135. The van der Waals surface area contributed by atoms with Crippen LogP contribution in [0.4, 0.5) is 11.8 Å². The van der Waals surface area contributed by atoms with E-state index in [1.54, 1.807) is 10.7 Å². The minimum atomic E-state index is 0.410. The highest BCUT2D eigenvalue weighted by molar-refractivity contribution is 5.54. The number of hydrogen-bond donors (Lipinski definition) is 1. The maximum absolute atomic E-state index is 5.91. The molecule has 0 amide bonds. The number of nitrogens with two attached hydrogens (primary N) is 1. The van der Waals surface area contributed by atoms with E-state index in [4.69, 9.17) is 10.5 Å². The van der Waals surface area contributed by atoms with Crippen LogP contribution in [0.25, 0.3) is 5.65 Å². The Bertz CT molecular complexity index is 593. The van der Waals surface area contributed by atoms with Gasteiger partial charge in [-0.05, 0) is 6.42 Å². The number of rotatable bonds is 5. The quantitative estimate of drug-likeness (QED) is 0.821. The Balaban J connectivity index is 1.57. The zero-order valence-corrected chi connectivity index (χ0v) is 12.3. The van der Waals surface area contributed by atoms with Gasteiger partial charge in [0.05, 0.1) is 13.2 Å². The first-order chi connectivity index (χ1) is 10.2. The van der Waals surface area contributed by atoms with Crippen LogP contribution in [-0.2, 0) is 4.74 Å². The Kier molecular flexibility index (Phi) is 4.16. The summed E-state index contributed by atoms with van der Waals surface area (Å²) >= 11 is 0. The summed E-state index contributed by atoms with van der Waals surface area (Å²) in [5.41, 5.74) is 6.63. The van der Waals surface area contributed by atoms with Gasteiger partial charge in [-0.1, -0.05) is 0 Å². The molecule has 1 aliphatic rings. The number of hydrogen-bond acceptors (Lipinski definition) is 7. The van der Waals surface area contributed by atoms with Crippen LogP contribution in [-0.4, -0.2) is 70.9 Å². The molecule has 8 heteroatoms. The molecular formula is C13H21N7O. The van der Waals surface area contributed by atoms with Crippen LogP contribution < -0.4 is 10.6 Å². The summed E-state index contributed by atoms with van der Waals surface area (Å²) in [6.07, 6.45) is 2.65. The molecule has 2 aromatic rings. The second-order valence-corrected chi connectivity index (χ2v) is 5.26. The molecule has 2 aromatic heterocycles. The molecule has 0 radical (unpaired) electrons. The number of anilines is 2. The Morgan fingerprint density at radius 3 is 3.00 bits per heavy atom. The lowest BCUT2D eigenvalue weighted by Crippen LogP contribution is -2.38. The summed E-state index contributed by atoms with van der Waals surface area (Å²) in [4.78, 5) is 8.93. The second kappa shape index (κ2) is 6.23. The number of aromatic nitrogens is 4. The van der Waals surface area contributed by atoms with Crippen molar-refractivity contribution in [1.82, 2.24) is 24.5 Å². The summed E-state index contributed by atoms with van der Waals surface area (Å²) in [5.74, 6) is 1.24. The van der Waals surface area contributed by atoms with Gasteiger partial charge >= 0.3 is 0 Å². The molecule has 21 heavy (non-hydrogen) atoms. The third kappa shape index (κ3) is 3.22. The van der Waals surface area contributed by atoms with Crippen molar-refractivity contribution in [2.24, 2.45) is 0 Å². The fraction of sp³-hybridized carbons (Fsp3) is 0.615. The van der Waals surface area contributed by atoms with Crippen LogP contribution in [0.3, 0.4) is 0 Å². The first-order valence-corrected chi connectivity index (χ1v) is 7.21. The van der Waals surface area contributed by atoms with Crippen LogP contribution in [0.15, 0.2) is 12.4 Å². The number of ether oxygens (including phenoxy) is 1. The molecule has 1 fully saturated rings. The molecule has 0 saturated carbocycles. The Hall–Kier alpha value is -1.93. The van der Waals surface area contributed by atoms with Crippen LogP contribution >= 0.6 is 0 Å². The van der Waals surface area contributed by atoms with Crippen LogP contribution in [0.1, 0.15) is 6.42 Å². The number of nitrogens with zero attached hydrogens (tertiary/aromatic N) is 6. The normalized spacial score (nSPS) is 16.4. The smallest absolute Gasteiger partial charge is 0.209 e. The monoisotopic (exact) mass is 291 g/mol. The molecule has 3 rings (SSSR count). The summed E-state index contributed by atoms with van der Waals surface area (Å²) in [6, 6.07) is 1.90. The van der Waals surface area contributed by atoms with Gasteiger partial charge in [-0.25, -0.2) is 0 Å². The molecule has 2 N–H and O–H groups in total. The summed E-state index contributed by atoms with van der Waals surface area (Å²) < 4.78 is 7.02. The molecular weight excluding hydrogens is 270 g/mol. The van der Waals surface area contributed by atoms with Crippen molar-refractivity contribution in [1.29, 1.82) is 0 Å². The van der Waals surface area contributed by atoms with Crippen molar-refractivity contribution in [3.8, 4) is 0 Å². The maximum Gasteiger partial charge on any atom is 0.209 e.